The Kier molecular flexibility index (Phi) is 7.39. The lowest BCUT2D eigenvalue weighted by Crippen LogP contribution is -1.99. The van der Waals surface area contributed by atoms with Gasteiger partial charge >= 0.3 is 0 Å². The predicted molar refractivity (Wildman–Crippen MR) is 95.0 cm³/mol. The maximum Gasteiger partial charge on any atom is 0.163 e. The van der Waals surface area contributed by atoms with Crippen LogP contribution in [-0.4, -0.2) is 20.3 Å². The van der Waals surface area contributed by atoms with Crippen LogP contribution in [0.1, 0.15) is 13.8 Å². The largest absolute Gasteiger partial charge is 0.495 e. The molecule has 6 N–H and O–H groups in total. The summed E-state index contributed by atoms with van der Waals surface area (Å²) in [5.41, 5.74) is 18.6. The standard InChI is InChI=1S/C10H15NO2.C7H10N2O/c1-3-12-9-6-5-8(11)7-10(9)13-4-2;1-10-7-4-5(8)2-3-6(7)9/h5-7H,3-4,11H2,1-2H3;2-4H,8-9H2,1H3. The topological polar surface area (TPSA) is 106 Å². The van der Waals surface area contributed by atoms with Gasteiger partial charge in [0.25, 0.3) is 0 Å². The smallest absolute Gasteiger partial charge is 0.163 e. The fraction of sp³-hybridized carbons (Fsp3) is 0.294. The molecule has 0 radical (unpaired) electrons. The van der Waals surface area contributed by atoms with Gasteiger partial charge in [0.15, 0.2) is 11.5 Å². The maximum absolute atomic E-state index is 5.62. The number of benzene rings is 2. The van der Waals surface area contributed by atoms with Gasteiger partial charge < -0.3 is 31.4 Å². The lowest BCUT2D eigenvalue weighted by Gasteiger charge is -2.10. The molecule has 0 aliphatic rings. The molecule has 0 heterocycles. The van der Waals surface area contributed by atoms with Crippen LogP contribution in [0.2, 0.25) is 0 Å². The van der Waals surface area contributed by atoms with Gasteiger partial charge in [-0.3, -0.25) is 0 Å². The third-order valence-corrected chi connectivity index (χ3v) is 2.82. The quantitative estimate of drug-likeness (QED) is 0.732. The number of rotatable bonds is 5. The van der Waals surface area contributed by atoms with Crippen LogP contribution >= 0.6 is 0 Å². The molecule has 2 aromatic carbocycles. The van der Waals surface area contributed by atoms with E-state index in [1.807, 2.05) is 19.9 Å². The molecule has 23 heavy (non-hydrogen) atoms. The monoisotopic (exact) mass is 319 g/mol. The number of nitrogen functional groups attached to an aromatic ring is 3. The number of methoxy groups -OCH3 is 1. The lowest BCUT2D eigenvalue weighted by atomic mass is 10.3. The third-order valence-electron chi connectivity index (χ3n) is 2.82. The zero-order valence-corrected chi connectivity index (χ0v) is 13.8. The van der Waals surface area contributed by atoms with E-state index in [-0.39, 0.29) is 0 Å². The van der Waals surface area contributed by atoms with Crippen LogP contribution < -0.4 is 31.4 Å². The minimum atomic E-state index is 0.608. The Morgan fingerprint density at radius 2 is 1.26 bits per heavy atom. The first-order chi connectivity index (χ1) is 11.0. The Hall–Kier alpha value is -2.76. The summed E-state index contributed by atoms with van der Waals surface area (Å²) in [5, 5.41) is 0. The van der Waals surface area contributed by atoms with Gasteiger partial charge in [0.05, 0.1) is 26.0 Å². The van der Waals surface area contributed by atoms with Gasteiger partial charge in [0.1, 0.15) is 5.75 Å². The molecular weight excluding hydrogens is 294 g/mol. The van der Waals surface area contributed by atoms with Crippen LogP contribution in [-0.2, 0) is 0 Å². The van der Waals surface area contributed by atoms with Crippen molar-refractivity contribution in [2.75, 3.05) is 37.5 Å². The summed E-state index contributed by atoms with van der Waals surface area (Å²) >= 11 is 0. The molecule has 0 unspecified atom stereocenters. The molecule has 0 atom stereocenters. The molecule has 2 aromatic rings. The van der Waals surface area contributed by atoms with Crippen LogP contribution in [0, 0.1) is 0 Å². The van der Waals surface area contributed by atoms with E-state index in [1.165, 1.54) is 0 Å². The molecule has 0 spiro atoms. The number of nitrogens with two attached hydrogens (primary N) is 3. The van der Waals surface area contributed by atoms with Gasteiger partial charge in [-0.15, -0.1) is 0 Å². The van der Waals surface area contributed by atoms with Crippen LogP contribution in [0.5, 0.6) is 17.2 Å². The second kappa shape index (κ2) is 9.30. The number of hydrogen-bond acceptors (Lipinski definition) is 6. The average molecular weight is 319 g/mol. The van der Waals surface area contributed by atoms with Gasteiger partial charge in [-0.25, -0.2) is 0 Å². The Morgan fingerprint density at radius 1 is 0.739 bits per heavy atom. The molecule has 6 nitrogen and oxygen atoms in total. The zero-order chi connectivity index (χ0) is 17.2. The van der Waals surface area contributed by atoms with Crippen molar-refractivity contribution >= 4 is 17.1 Å². The van der Waals surface area contributed by atoms with Gasteiger partial charge in [0.2, 0.25) is 0 Å². The fourth-order valence-corrected chi connectivity index (χ4v) is 1.80. The summed E-state index contributed by atoms with van der Waals surface area (Å²) < 4.78 is 15.7. The Morgan fingerprint density at radius 3 is 1.78 bits per heavy atom. The van der Waals surface area contributed by atoms with Crippen molar-refractivity contribution in [2.45, 2.75) is 13.8 Å². The number of ether oxygens (including phenoxy) is 3. The van der Waals surface area contributed by atoms with Crippen LogP contribution in [0.3, 0.4) is 0 Å². The van der Waals surface area contributed by atoms with Crippen molar-refractivity contribution in [2.24, 2.45) is 0 Å². The molecule has 6 heteroatoms. The summed E-state index contributed by atoms with van der Waals surface area (Å²) in [6.45, 7) is 5.11. The molecule has 0 saturated heterocycles. The van der Waals surface area contributed by atoms with Gasteiger partial charge in [-0.05, 0) is 38.1 Å². The Labute approximate surface area is 137 Å². The maximum atomic E-state index is 5.62. The van der Waals surface area contributed by atoms with Crippen LogP contribution in [0.25, 0.3) is 0 Å². The first-order valence-corrected chi connectivity index (χ1v) is 7.35. The molecule has 0 bridgehead atoms. The van der Waals surface area contributed by atoms with Crippen LogP contribution in [0.15, 0.2) is 36.4 Å². The highest BCUT2D eigenvalue weighted by Gasteiger charge is 2.03. The van der Waals surface area contributed by atoms with E-state index < -0.39 is 0 Å². The second-order valence-electron chi connectivity index (χ2n) is 4.57. The average Bonchev–Trinajstić information content (AvgIpc) is 2.53. The molecule has 126 valence electrons. The molecule has 2 rings (SSSR count). The predicted octanol–water partition coefficient (Wildman–Crippen LogP) is 2.93. The first kappa shape index (κ1) is 18.3. The molecule has 0 fully saturated rings. The Bertz CT molecular complexity index is 618. The molecular formula is C17H25N3O3. The van der Waals surface area contributed by atoms with E-state index in [9.17, 15) is 0 Å². The van der Waals surface area contributed by atoms with Gasteiger partial charge in [0, 0.05) is 23.5 Å². The fourth-order valence-electron chi connectivity index (χ4n) is 1.80. The lowest BCUT2D eigenvalue weighted by molar-refractivity contribution is 0.288. The minimum Gasteiger partial charge on any atom is -0.495 e. The highest BCUT2D eigenvalue weighted by molar-refractivity contribution is 5.59. The van der Waals surface area contributed by atoms with Crippen molar-refractivity contribution in [1.82, 2.24) is 0 Å². The highest BCUT2D eigenvalue weighted by Crippen LogP contribution is 2.29. The number of hydrogen-bond donors (Lipinski definition) is 3. The van der Waals surface area contributed by atoms with E-state index in [2.05, 4.69) is 0 Å². The summed E-state index contributed by atoms with van der Waals surface area (Å²) in [6.07, 6.45) is 0. The summed E-state index contributed by atoms with van der Waals surface area (Å²) in [7, 11) is 1.56. The van der Waals surface area contributed by atoms with Gasteiger partial charge in [-0.1, -0.05) is 0 Å². The van der Waals surface area contributed by atoms with E-state index in [0.717, 1.165) is 5.75 Å². The van der Waals surface area contributed by atoms with E-state index >= 15 is 0 Å². The van der Waals surface area contributed by atoms with E-state index in [0.29, 0.717) is 41.8 Å². The summed E-state index contributed by atoms with van der Waals surface area (Å²) in [6, 6.07) is 10.5. The first-order valence-electron chi connectivity index (χ1n) is 7.35. The van der Waals surface area contributed by atoms with Crippen molar-refractivity contribution in [1.29, 1.82) is 0 Å². The van der Waals surface area contributed by atoms with Crippen LogP contribution in [0.4, 0.5) is 17.1 Å². The summed E-state index contributed by atoms with van der Waals surface area (Å²) in [4.78, 5) is 0. The highest BCUT2D eigenvalue weighted by atomic mass is 16.5. The van der Waals surface area contributed by atoms with Crippen molar-refractivity contribution < 1.29 is 14.2 Å². The molecule has 0 amide bonds. The number of anilines is 3. The third kappa shape index (κ3) is 5.86. The van der Waals surface area contributed by atoms with Crippen molar-refractivity contribution in [3.63, 3.8) is 0 Å². The summed E-state index contributed by atoms with van der Waals surface area (Å²) in [5.74, 6) is 2.09. The normalized spacial score (nSPS) is 9.52. The molecule has 0 aliphatic carbocycles. The second-order valence-corrected chi connectivity index (χ2v) is 4.57. The SMILES string of the molecule is CCOc1ccc(N)cc1OCC.COc1cc(N)ccc1N. The van der Waals surface area contributed by atoms with Crippen molar-refractivity contribution in [3.05, 3.63) is 36.4 Å². The molecule has 0 aliphatic heterocycles. The van der Waals surface area contributed by atoms with E-state index in [4.69, 9.17) is 31.4 Å². The van der Waals surface area contributed by atoms with Gasteiger partial charge in [-0.2, -0.15) is 0 Å². The Balaban J connectivity index is 0.000000238. The minimum absolute atomic E-state index is 0.608. The molecule has 0 saturated carbocycles. The van der Waals surface area contributed by atoms with Crippen molar-refractivity contribution in [3.8, 4) is 17.2 Å². The molecule has 0 aromatic heterocycles. The van der Waals surface area contributed by atoms with E-state index in [1.54, 1.807) is 37.4 Å². The zero-order valence-electron chi connectivity index (χ0n) is 13.8.